The van der Waals surface area contributed by atoms with E-state index in [0.29, 0.717) is 17.8 Å². The van der Waals surface area contributed by atoms with Gasteiger partial charge in [-0.05, 0) is 41.4 Å². The zero-order chi connectivity index (χ0) is 15.3. The van der Waals surface area contributed by atoms with Gasteiger partial charge in [0.2, 0.25) is 11.7 Å². The Bertz CT molecular complexity index is 943. The molecule has 4 rings (SSSR count). The maximum Gasteiger partial charge on any atom is 0.228 e. The van der Waals surface area contributed by atoms with E-state index in [1.165, 1.54) is 0 Å². The SMILES string of the molecule is Cc1ccc2nc(-c3ccc4c(c3)CC(=O)N4)c(N=O)n2c1. The molecule has 0 unspecified atom stereocenters. The number of fused-ring (bicyclic) bond motifs is 2. The van der Waals surface area contributed by atoms with Crippen LogP contribution in [-0.2, 0) is 11.2 Å². The fourth-order valence-electron chi connectivity index (χ4n) is 2.80. The zero-order valence-electron chi connectivity index (χ0n) is 11.8. The second-order valence-corrected chi connectivity index (χ2v) is 5.41. The van der Waals surface area contributed by atoms with Gasteiger partial charge in [-0.1, -0.05) is 12.1 Å². The second-order valence-electron chi connectivity index (χ2n) is 5.41. The van der Waals surface area contributed by atoms with Crippen LogP contribution in [0.25, 0.3) is 16.9 Å². The molecule has 6 nitrogen and oxygen atoms in total. The molecule has 0 saturated carbocycles. The largest absolute Gasteiger partial charge is 0.326 e. The van der Waals surface area contributed by atoms with Gasteiger partial charge in [-0.25, -0.2) is 4.98 Å². The topological polar surface area (TPSA) is 75.8 Å². The van der Waals surface area contributed by atoms with Gasteiger partial charge in [0.05, 0.1) is 6.42 Å². The first kappa shape index (κ1) is 12.7. The predicted octanol–water partition coefficient (Wildman–Crippen LogP) is 3.20. The van der Waals surface area contributed by atoms with E-state index in [4.69, 9.17) is 0 Å². The van der Waals surface area contributed by atoms with Crippen molar-refractivity contribution in [3.05, 3.63) is 52.6 Å². The van der Waals surface area contributed by atoms with Crippen molar-refractivity contribution in [3.63, 3.8) is 0 Å². The number of rotatable bonds is 2. The molecule has 0 aliphatic carbocycles. The molecule has 0 radical (unpaired) electrons. The molecule has 0 spiro atoms. The molecule has 0 bridgehead atoms. The van der Waals surface area contributed by atoms with Crippen molar-refractivity contribution >= 4 is 23.1 Å². The lowest BCUT2D eigenvalue weighted by Crippen LogP contribution is -2.03. The summed E-state index contributed by atoms with van der Waals surface area (Å²) < 4.78 is 1.69. The van der Waals surface area contributed by atoms with E-state index >= 15 is 0 Å². The van der Waals surface area contributed by atoms with Crippen LogP contribution in [-0.4, -0.2) is 15.3 Å². The number of nitroso groups, excluding NO2 is 1. The van der Waals surface area contributed by atoms with E-state index in [0.717, 1.165) is 22.4 Å². The highest BCUT2D eigenvalue weighted by Crippen LogP contribution is 2.34. The molecule has 0 fully saturated rings. The standard InChI is InChI=1S/C16H12N4O2/c1-9-2-5-13-18-15(16(19-22)20(13)8-9)10-3-4-12-11(6-10)7-14(21)17-12/h2-6,8H,7H2,1H3,(H,17,21). The predicted molar refractivity (Wildman–Crippen MR) is 83.2 cm³/mol. The van der Waals surface area contributed by atoms with Crippen LogP contribution in [0.4, 0.5) is 11.5 Å². The number of aryl methyl sites for hydroxylation is 1. The van der Waals surface area contributed by atoms with Gasteiger partial charge in [0, 0.05) is 17.4 Å². The molecular formula is C16H12N4O2. The molecule has 3 aromatic rings. The Morgan fingerprint density at radius 1 is 1.27 bits per heavy atom. The quantitative estimate of drug-likeness (QED) is 0.737. The van der Waals surface area contributed by atoms with Gasteiger partial charge in [0.25, 0.3) is 0 Å². The van der Waals surface area contributed by atoms with Crippen LogP contribution in [0.15, 0.2) is 41.7 Å². The van der Waals surface area contributed by atoms with Gasteiger partial charge in [-0.15, -0.1) is 4.91 Å². The lowest BCUT2D eigenvalue weighted by atomic mass is 10.1. The Morgan fingerprint density at radius 3 is 2.95 bits per heavy atom. The van der Waals surface area contributed by atoms with Crippen molar-refractivity contribution in [3.8, 4) is 11.3 Å². The van der Waals surface area contributed by atoms with Crippen LogP contribution in [0, 0.1) is 11.8 Å². The third-order valence-corrected chi connectivity index (χ3v) is 3.83. The molecule has 1 N–H and O–H groups in total. The van der Waals surface area contributed by atoms with E-state index in [2.05, 4.69) is 15.5 Å². The normalized spacial score (nSPS) is 13.2. The number of carbonyl (C=O) groups is 1. The van der Waals surface area contributed by atoms with Gasteiger partial charge >= 0.3 is 0 Å². The summed E-state index contributed by atoms with van der Waals surface area (Å²) in [4.78, 5) is 27.2. The molecular weight excluding hydrogens is 280 g/mol. The third kappa shape index (κ3) is 1.81. The highest BCUT2D eigenvalue weighted by atomic mass is 16.3. The molecule has 1 aromatic carbocycles. The highest BCUT2D eigenvalue weighted by Gasteiger charge is 2.20. The number of nitrogens with one attached hydrogen (secondary N) is 1. The van der Waals surface area contributed by atoms with Gasteiger partial charge in [-0.3, -0.25) is 9.20 Å². The summed E-state index contributed by atoms with van der Waals surface area (Å²) in [6, 6.07) is 9.35. The first-order chi connectivity index (χ1) is 10.7. The van der Waals surface area contributed by atoms with Crippen LogP contribution in [0.2, 0.25) is 0 Å². The maximum absolute atomic E-state index is 11.4. The number of imidazole rings is 1. The average Bonchev–Trinajstić information content (AvgIpc) is 3.04. The van der Waals surface area contributed by atoms with Crippen molar-refractivity contribution < 1.29 is 4.79 Å². The number of amides is 1. The van der Waals surface area contributed by atoms with Crippen molar-refractivity contribution in [1.82, 2.24) is 9.38 Å². The smallest absolute Gasteiger partial charge is 0.228 e. The number of pyridine rings is 1. The molecule has 6 heteroatoms. The first-order valence-electron chi connectivity index (χ1n) is 6.91. The van der Waals surface area contributed by atoms with Crippen LogP contribution >= 0.6 is 0 Å². The molecule has 22 heavy (non-hydrogen) atoms. The minimum absolute atomic E-state index is 0.0217. The van der Waals surface area contributed by atoms with E-state index < -0.39 is 0 Å². The van der Waals surface area contributed by atoms with Crippen molar-refractivity contribution in [2.24, 2.45) is 5.18 Å². The molecule has 108 valence electrons. The van der Waals surface area contributed by atoms with Crippen molar-refractivity contribution in [2.75, 3.05) is 5.32 Å². The molecule has 3 heterocycles. The minimum atomic E-state index is -0.0217. The summed E-state index contributed by atoms with van der Waals surface area (Å²) in [5.74, 6) is 0.252. The Morgan fingerprint density at radius 2 is 2.14 bits per heavy atom. The van der Waals surface area contributed by atoms with E-state index in [1.54, 1.807) is 4.40 Å². The second kappa shape index (κ2) is 4.49. The van der Waals surface area contributed by atoms with Gasteiger partial charge in [0.1, 0.15) is 11.3 Å². The van der Waals surface area contributed by atoms with Gasteiger partial charge < -0.3 is 5.32 Å². The molecule has 0 saturated heterocycles. The lowest BCUT2D eigenvalue weighted by Gasteiger charge is -2.02. The molecule has 2 aromatic heterocycles. The summed E-state index contributed by atoms with van der Waals surface area (Å²) in [5, 5.41) is 5.94. The summed E-state index contributed by atoms with van der Waals surface area (Å²) in [6.45, 7) is 1.94. The molecule has 1 aliphatic heterocycles. The first-order valence-corrected chi connectivity index (χ1v) is 6.91. The summed E-state index contributed by atoms with van der Waals surface area (Å²) in [6.07, 6.45) is 2.18. The molecule has 0 atom stereocenters. The zero-order valence-corrected chi connectivity index (χ0v) is 11.8. The summed E-state index contributed by atoms with van der Waals surface area (Å²) in [5.41, 5.74) is 4.73. The Labute approximate surface area is 125 Å². The number of carbonyl (C=O) groups excluding carboxylic acids is 1. The summed E-state index contributed by atoms with van der Waals surface area (Å²) in [7, 11) is 0. The van der Waals surface area contributed by atoms with Crippen LogP contribution in [0.5, 0.6) is 0 Å². The van der Waals surface area contributed by atoms with Crippen LogP contribution in [0.3, 0.4) is 0 Å². The Balaban J connectivity index is 1.93. The monoisotopic (exact) mass is 292 g/mol. The Kier molecular flexibility index (Phi) is 2.59. The number of aromatic nitrogens is 2. The minimum Gasteiger partial charge on any atom is -0.326 e. The fourth-order valence-corrected chi connectivity index (χ4v) is 2.80. The van der Waals surface area contributed by atoms with E-state index in [-0.39, 0.29) is 11.7 Å². The highest BCUT2D eigenvalue weighted by molar-refractivity contribution is 5.99. The number of hydrogen-bond donors (Lipinski definition) is 1. The third-order valence-electron chi connectivity index (χ3n) is 3.83. The summed E-state index contributed by atoms with van der Waals surface area (Å²) >= 11 is 0. The van der Waals surface area contributed by atoms with Gasteiger partial charge in [0.15, 0.2) is 0 Å². The number of hydrogen-bond acceptors (Lipinski definition) is 4. The molecule has 1 aliphatic rings. The van der Waals surface area contributed by atoms with Crippen LogP contribution < -0.4 is 5.32 Å². The van der Waals surface area contributed by atoms with Crippen molar-refractivity contribution in [2.45, 2.75) is 13.3 Å². The van der Waals surface area contributed by atoms with Crippen molar-refractivity contribution in [1.29, 1.82) is 0 Å². The lowest BCUT2D eigenvalue weighted by molar-refractivity contribution is -0.115. The molecule has 1 amide bonds. The van der Waals surface area contributed by atoms with E-state index in [9.17, 15) is 9.70 Å². The fraction of sp³-hybridized carbons (Fsp3) is 0.125. The number of benzene rings is 1. The number of anilines is 1. The Hall–Kier alpha value is -3.02. The van der Waals surface area contributed by atoms with E-state index in [1.807, 2.05) is 43.5 Å². The van der Waals surface area contributed by atoms with Crippen LogP contribution in [0.1, 0.15) is 11.1 Å². The van der Waals surface area contributed by atoms with Gasteiger partial charge in [-0.2, -0.15) is 0 Å². The average molecular weight is 292 g/mol. The number of nitrogens with zero attached hydrogens (tertiary/aromatic N) is 3. The maximum atomic E-state index is 11.4.